The van der Waals surface area contributed by atoms with Gasteiger partial charge >= 0.3 is 5.97 Å². The predicted octanol–water partition coefficient (Wildman–Crippen LogP) is -0.510. The van der Waals surface area contributed by atoms with Crippen molar-refractivity contribution >= 4 is 5.97 Å². The summed E-state index contributed by atoms with van der Waals surface area (Å²) in [4.78, 5) is 10.0. The number of hydrogen-bond donors (Lipinski definition) is 1. The molecule has 0 aromatic heterocycles. The predicted molar refractivity (Wildman–Crippen MR) is 24.0 cm³/mol. The van der Waals surface area contributed by atoms with E-state index in [4.69, 9.17) is 5.11 Å². The summed E-state index contributed by atoms with van der Waals surface area (Å²) in [7, 11) is 1.08. The Balaban J connectivity index is 3.46. The number of hydrogen-bond acceptors (Lipinski definition) is 3. The molecule has 0 rings (SSSR count). The first-order valence-corrected chi connectivity index (χ1v) is 2.04. The summed E-state index contributed by atoms with van der Waals surface area (Å²) in [5.41, 5.74) is 0. The molecule has 0 aliphatic rings. The summed E-state index contributed by atoms with van der Waals surface area (Å²) in [5, 5.41) is 8.28. The van der Waals surface area contributed by atoms with Gasteiger partial charge < -0.3 is 9.84 Å². The smallest absolute Gasteiger partial charge is 0.337 e. The largest absolute Gasteiger partial charge is 0.467 e. The normalized spacial score (nSPS) is 12.9. The topological polar surface area (TPSA) is 46.5 Å². The van der Waals surface area contributed by atoms with Gasteiger partial charge in [0.25, 0.3) is 0 Å². The first kappa shape index (κ1) is 7.36. The first-order valence-electron chi connectivity index (χ1n) is 2.04. The number of aliphatic hydroxyl groups is 1. The zero-order valence-electron chi connectivity index (χ0n) is 4.43. The maximum absolute atomic E-state index is 11.3. The molecule has 0 bridgehead atoms. The minimum Gasteiger partial charge on any atom is -0.467 e. The molecule has 1 atom stereocenters. The monoisotopic (exact) mass is 122 g/mol. The Bertz CT molecular complexity index is 83.4. The maximum atomic E-state index is 11.3. The second kappa shape index (κ2) is 3.37. The van der Waals surface area contributed by atoms with E-state index in [1.165, 1.54) is 0 Å². The molecule has 0 aromatic rings. The molecule has 8 heavy (non-hydrogen) atoms. The number of ether oxygens (including phenoxy) is 1. The fourth-order valence-electron chi connectivity index (χ4n) is 0.199. The van der Waals surface area contributed by atoms with Gasteiger partial charge in [-0.1, -0.05) is 0 Å². The quantitative estimate of drug-likeness (QED) is 0.502. The SMILES string of the molecule is COC(=O)[C@@H](O)CF. The third kappa shape index (κ3) is 1.88. The third-order valence-corrected chi connectivity index (χ3v) is 0.619. The molecule has 48 valence electrons. The summed E-state index contributed by atoms with van der Waals surface area (Å²) >= 11 is 0. The molecule has 0 aliphatic heterocycles. The molecule has 0 heterocycles. The Morgan fingerprint density at radius 3 is 2.62 bits per heavy atom. The molecule has 3 nitrogen and oxygen atoms in total. The molecule has 0 amide bonds. The van der Waals surface area contributed by atoms with Crippen LogP contribution in [0.1, 0.15) is 0 Å². The molecule has 0 saturated heterocycles. The van der Waals surface area contributed by atoms with Crippen LogP contribution in [-0.2, 0) is 9.53 Å². The lowest BCUT2D eigenvalue weighted by molar-refractivity contribution is -0.151. The molecular formula is C4H7FO3. The molecule has 0 spiro atoms. The highest BCUT2D eigenvalue weighted by Gasteiger charge is 2.13. The number of carbonyl (C=O) groups excluding carboxylic acids is 1. The van der Waals surface area contributed by atoms with E-state index in [9.17, 15) is 9.18 Å². The lowest BCUT2D eigenvalue weighted by Gasteiger charge is -2.00. The van der Waals surface area contributed by atoms with Crippen LogP contribution in [0.15, 0.2) is 0 Å². The van der Waals surface area contributed by atoms with Gasteiger partial charge in [0.15, 0.2) is 6.10 Å². The molecule has 0 radical (unpaired) electrons. The van der Waals surface area contributed by atoms with E-state index in [0.717, 1.165) is 7.11 Å². The molecular weight excluding hydrogens is 115 g/mol. The van der Waals surface area contributed by atoms with Crippen LogP contribution in [0.25, 0.3) is 0 Å². The van der Waals surface area contributed by atoms with E-state index in [1.54, 1.807) is 0 Å². The standard InChI is InChI=1S/C4H7FO3/c1-8-4(7)3(6)2-5/h3,6H,2H2,1H3/t3-/m0/s1. The zero-order chi connectivity index (χ0) is 6.57. The maximum Gasteiger partial charge on any atom is 0.337 e. The number of aliphatic hydroxyl groups excluding tert-OH is 1. The minimum absolute atomic E-state index is 0.937. The summed E-state index contributed by atoms with van der Waals surface area (Å²) in [5.74, 6) is -0.937. The number of halogens is 1. The highest BCUT2D eigenvalue weighted by atomic mass is 19.1. The second-order valence-corrected chi connectivity index (χ2v) is 1.19. The third-order valence-electron chi connectivity index (χ3n) is 0.619. The van der Waals surface area contributed by atoms with E-state index in [2.05, 4.69) is 4.74 Å². The number of esters is 1. The van der Waals surface area contributed by atoms with Gasteiger partial charge in [-0.15, -0.1) is 0 Å². The van der Waals surface area contributed by atoms with Crippen molar-refractivity contribution in [1.29, 1.82) is 0 Å². The van der Waals surface area contributed by atoms with Crippen molar-refractivity contribution in [3.63, 3.8) is 0 Å². The Morgan fingerprint density at radius 2 is 2.50 bits per heavy atom. The number of rotatable bonds is 2. The summed E-state index contributed by atoms with van der Waals surface area (Å²) in [6.07, 6.45) is -1.61. The van der Waals surface area contributed by atoms with Gasteiger partial charge in [-0.3, -0.25) is 0 Å². The Kier molecular flexibility index (Phi) is 3.10. The van der Waals surface area contributed by atoms with Crippen molar-refractivity contribution in [2.24, 2.45) is 0 Å². The molecule has 4 heteroatoms. The minimum atomic E-state index is -1.61. The molecule has 1 N–H and O–H groups in total. The van der Waals surface area contributed by atoms with Gasteiger partial charge in [0.2, 0.25) is 0 Å². The summed E-state index contributed by atoms with van der Waals surface area (Å²) in [6.45, 7) is -1.09. The first-order chi connectivity index (χ1) is 3.72. The summed E-state index contributed by atoms with van der Waals surface area (Å²) in [6, 6.07) is 0. The van der Waals surface area contributed by atoms with E-state index in [1.807, 2.05) is 0 Å². The molecule has 0 unspecified atom stereocenters. The number of methoxy groups -OCH3 is 1. The van der Waals surface area contributed by atoms with E-state index in [0.29, 0.717) is 0 Å². The number of carbonyl (C=O) groups is 1. The van der Waals surface area contributed by atoms with Gasteiger partial charge in [-0.05, 0) is 0 Å². The highest BCUT2D eigenvalue weighted by Crippen LogP contribution is 1.85. The van der Waals surface area contributed by atoms with Crippen molar-refractivity contribution in [2.45, 2.75) is 6.10 Å². The average Bonchev–Trinajstić information content (AvgIpc) is 1.84. The average molecular weight is 122 g/mol. The van der Waals surface area contributed by atoms with Crippen LogP contribution in [0, 0.1) is 0 Å². The fraction of sp³-hybridized carbons (Fsp3) is 0.750. The van der Waals surface area contributed by atoms with Crippen molar-refractivity contribution in [3.8, 4) is 0 Å². The van der Waals surface area contributed by atoms with Crippen LogP contribution in [0.3, 0.4) is 0 Å². The van der Waals surface area contributed by atoms with Gasteiger partial charge in [0, 0.05) is 0 Å². The highest BCUT2D eigenvalue weighted by molar-refractivity contribution is 5.74. The van der Waals surface area contributed by atoms with Crippen LogP contribution in [0.4, 0.5) is 4.39 Å². The van der Waals surface area contributed by atoms with Crippen molar-refractivity contribution in [3.05, 3.63) is 0 Å². The van der Waals surface area contributed by atoms with Crippen LogP contribution in [0.2, 0.25) is 0 Å². The Labute approximate surface area is 46.1 Å². The lowest BCUT2D eigenvalue weighted by atomic mass is 10.4. The second-order valence-electron chi connectivity index (χ2n) is 1.19. The molecule has 0 fully saturated rings. The zero-order valence-corrected chi connectivity index (χ0v) is 4.43. The van der Waals surface area contributed by atoms with E-state index in [-0.39, 0.29) is 0 Å². The molecule has 0 saturated carbocycles. The summed E-state index contributed by atoms with van der Waals surface area (Å²) < 4.78 is 15.2. The van der Waals surface area contributed by atoms with Crippen LogP contribution in [0.5, 0.6) is 0 Å². The Morgan fingerprint density at radius 1 is 2.00 bits per heavy atom. The van der Waals surface area contributed by atoms with Crippen LogP contribution < -0.4 is 0 Å². The van der Waals surface area contributed by atoms with Gasteiger partial charge in [-0.25, -0.2) is 9.18 Å². The number of alkyl halides is 1. The fourth-order valence-corrected chi connectivity index (χ4v) is 0.199. The van der Waals surface area contributed by atoms with Gasteiger partial charge in [0.1, 0.15) is 6.67 Å². The van der Waals surface area contributed by atoms with E-state index < -0.39 is 18.7 Å². The van der Waals surface area contributed by atoms with Crippen molar-refractivity contribution in [1.82, 2.24) is 0 Å². The Hall–Kier alpha value is -0.640. The lowest BCUT2D eigenvalue weighted by Crippen LogP contribution is -2.23. The molecule has 0 aliphatic carbocycles. The van der Waals surface area contributed by atoms with Crippen LogP contribution in [-0.4, -0.2) is 31.0 Å². The van der Waals surface area contributed by atoms with Gasteiger partial charge in [0.05, 0.1) is 7.11 Å². The van der Waals surface area contributed by atoms with Crippen molar-refractivity contribution in [2.75, 3.05) is 13.8 Å². The van der Waals surface area contributed by atoms with Gasteiger partial charge in [-0.2, -0.15) is 0 Å². The molecule has 0 aromatic carbocycles. The van der Waals surface area contributed by atoms with Crippen LogP contribution >= 0.6 is 0 Å². The van der Waals surface area contributed by atoms with Crippen molar-refractivity contribution < 1.29 is 19.0 Å². The van der Waals surface area contributed by atoms with E-state index >= 15 is 0 Å².